The fourth-order valence-corrected chi connectivity index (χ4v) is 2.84. The molecule has 0 aliphatic heterocycles. The number of carbonyl (C=O) groups excluding carboxylic acids is 1. The molecule has 0 bridgehead atoms. The van der Waals surface area contributed by atoms with E-state index in [0.29, 0.717) is 10.6 Å². The molecule has 0 aliphatic rings. The fourth-order valence-electron chi connectivity index (χ4n) is 2.09. The Morgan fingerprint density at radius 2 is 2.05 bits per heavy atom. The van der Waals surface area contributed by atoms with Gasteiger partial charge in [0.2, 0.25) is 0 Å². The Bertz CT molecular complexity index is 889. The largest absolute Gasteiger partial charge is 0.321 e. The monoisotopic (exact) mass is 313 g/mol. The second-order valence-electron chi connectivity index (χ2n) is 4.74. The molecule has 0 atom stereocenters. The van der Waals surface area contributed by atoms with Crippen LogP contribution in [0.2, 0.25) is 0 Å². The highest BCUT2D eigenvalue weighted by atomic mass is 32.1. The van der Waals surface area contributed by atoms with E-state index in [4.69, 9.17) is 0 Å². The van der Waals surface area contributed by atoms with Crippen molar-refractivity contribution in [3.63, 3.8) is 0 Å². The van der Waals surface area contributed by atoms with Crippen molar-refractivity contribution in [1.82, 2.24) is 4.37 Å². The van der Waals surface area contributed by atoms with Gasteiger partial charge in [-0.3, -0.25) is 14.9 Å². The number of non-ortho nitro benzene ring substituents is 1. The SMILES string of the molecule is Cc1ccc([N+](=O)[O-])cc1NC(=O)c1snc2ccccc12. The first kappa shape index (κ1) is 14.2. The van der Waals surface area contributed by atoms with Crippen LogP contribution in [0, 0.1) is 17.0 Å². The van der Waals surface area contributed by atoms with E-state index in [-0.39, 0.29) is 11.6 Å². The fraction of sp³-hybridized carbons (Fsp3) is 0.0667. The number of anilines is 1. The van der Waals surface area contributed by atoms with Crippen molar-refractivity contribution in [1.29, 1.82) is 0 Å². The maximum Gasteiger partial charge on any atom is 0.271 e. The maximum atomic E-state index is 12.4. The summed E-state index contributed by atoms with van der Waals surface area (Å²) in [6.45, 7) is 1.78. The molecule has 2 aromatic carbocycles. The molecule has 6 nitrogen and oxygen atoms in total. The van der Waals surface area contributed by atoms with Gasteiger partial charge in [0, 0.05) is 17.5 Å². The van der Waals surface area contributed by atoms with E-state index in [1.165, 1.54) is 12.1 Å². The number of nitro groups is 1. The Kier molecular flexibility index (Phi) is 3.56. The zero-order valence-corrected chi connectivity index (χ0v) is 12.4. The Hall–Kier alpha value is -2.80. The van der Waals surface area contributed by atoms with Crippen LogP contribution in [-0.2, 0) is 0 Å². The summed E-state index contributed by atoms with van der Waals surface area (Å²) in [5.74, 6) is -0.317. The summed E-state index contributed by atoms with van der Waals surface area (Å²) in [4.78, 5) is 23.2. The molecule has 7 heteroatoms. The van der Waals surface area contributed by atoms with Crippen LogP contribution < -0.4 is 5.32 Å². The number of hydrogen-bond donors (Lipinski definition) is 1. The zero-order chi connectivity index (χ0) is 15.7. The van der Waals surface area contributed by atoms with Gasteiger partial charge in [-0.05, 0) is 30.1 Å². The maximum absolute atomic E-state index is 12.4. The van der Waals surface area contributed by atoms with Crippen molar-refractivity contribution >= 4 is 39.7 Å². The summed E-state index contributed by atoms with van der Waals surface area (Å²) in [6.07, 6.45) is 0. The van der Waals surface area contributed by atoms with E-state index < -0.39 is 4.92 Å². The van der Waals surface area contributed by atoms with E-state index >= 15 is 0 Å². The highest BCUT2D eigenvalue weighted by Crippen LogP contribution is 2.26. The predicted molar refractivity (Wildman–Crippen MR) is 85.4 cm³/mol. The third-order valence-electron chi connectivity index (χ3n) is 3.27. The second-order valence-corrected chi connectivity index (χ2v) is 5.51. The topological polar surface area (TPSA) is 85.1 Å². The number of aromatic nitrogens is 1. The van der Waals surface area contributed by atoms with Gasteiger partial charge in [-0.1, -0.05) is 24.3 Å². The lowest BCUT2D eigenvalue weighted by Crippen LogP contribution is -2.11. The Morgan fingerprint density at radius 1 is 1.27 bits per heavy atom. The van der Waals surface area contributed by atoms with Gasteiger partial charge in [0.05, 0.1) is 16.1 Å². The Morgan fingerprint density at radius 3 is 2.82 bits per heavy atom. The van der Waals surface area contributed by atoms with Crippen LogP contribution in [0.15, 0.2) is 42.5 Å². The number of rotatable bonds is 3. The molecule has 0 fully saturated rings. The minimum atomic E-state index is -0.489. The highest BCUT2D eigenvalue weighted by Gasteiger charge is 2.16. The van der Waals surface area contributed by atoms with E-state index in [9.17, 15) is 14.9 Å². The standard InChI is InChI=1S/C15H11N3O3S/c1-9-6-7-10(18(20)21)8-13(9)16-15(19)14-11-4-2-3-5-12(11)17-22-14/h2-8H,1H3,(H,16,19). The number of benzene rings is 2. The number of nitrogens with zero attached hydrogens (tertiary/aromatic N) is 2. The van der Waals surface area contributed by atoms with Gasteiger partial charge in [0.15, 0.2) is 0 Å². The van der Waals surface area contributed by atoms with Crippen molar-refractivity contribution in [2.24, 2.45) is 0 Å². The number of nitrogens with one attached hydrogen (secondary N) is 1. The van der Waals surface area contributed by atoms with E-state index in [1.54, 1.807) is 13.0 Å². The second kappa shape index (κ2) is 5.53. The number of nitro benzene ring substituents is 1. The molecule has 110 valence electrons. The minimum absolute atomic E-state index is 0.0601. The highest BCUT2D eigenvalue weighted by molar-refractivity contribution is 7.09. The first-order valence-corrected chi connectivity index (χ1v) is 7.24. The normalized spacial score (nSPS) is 10.6. The smallest absolute Gasteiger partial charge is 0.271 e. The van der Waals surface area contributed by atoms with Crippen LogP contribution in [0.4, 0.5) is 11.4 Å². The molecule has 0 saturated carbocycles. The molecular weight excluding hydrogens is 302 g/mol. The first-order valence-electron chi connectivity index (χ1n) is 6.47. The first-order chi connectivity index (χ1) is 10.6. The molecule has 3 aromatic rings. The summed E-state index contributed by atoms with van der Waals surface area (Å²) in [5, 5.41) is 14.3. The molecule has 1 aromatic heterocycles. The minimum Gasteiger partial charge on any atom is -0.321 e. The third-order valence-corrected chi connectivity index (χ3v) is 4.15. The third kappa shape index (κ3) is 2.53. The van der Waals surface area contributed by atoms with Crippen LogP contribution >= 0.6 is 11.5 Å². The van der Waals surface area contributed by atoms with Crippen LogP contribution in [0.1, 0.15) is 15.2 Å². The average Bonchev–Trinajstić information content (AvgIpc) is 2.93. The van der Waals surface area contributed by atoms with E-state index in [2.05, 4.69) is 9.69 Å². The summed E-state index contributed by atoms with van der Waals surface area (Å²) in [7, 11) is 0. The van der Waals surface area contributed by atoms with Gasteiger partial charge < -0.3 is 5.32 Å². The molecule has 1 N–H and O–H groups in total. The van der Waals surface area contributed by atoms with E-state index in [1.807, 2.05) is 24.3 Å². The van der Waals surface area contributed by atoms with Crippen molar-refractivity contribution in [3.05, 3.63) is 63.0 Å². The quantitative estimate of drug-likeness (QED) is 0.589. The van der Waals surface area contributed by atoms with Crippen LogP contribution in [-0.4, -0.2) is 15.2 Å². The van der Waals surface area contributed by atoms with Crippen LogP contribution in [0.25, 0.3) is 10.9 Å². The van der Waals surface area contributed by atoms with Gasteiger partial charge in [-0.15, -0.1) is 0 Å². The Balaban J connectivity index is 1.94. The average molecular weight is 313 g/mol. The number of fused-ring (bicyclic) bond motifs is 1. The van der Waals surface area contributed by atoms with Crippen molar-refractivity contribution in [2.45, 2.75) is 6.92 Å². The Labute approximate surface area is 129 Å². The van der Waals surface area contributed by atoms with Gasteiger partial charge in [0.25, 0.3) is 11.6 Å². The van der Waals surface area contributed by atoms with Crippen molar-refractivity contribution < 1.29 is 9.72 Å². The lowest BCUT2D eigenvalue weighted by atomic mass is 10.1. The zero-order valence-electron chi connectivity index (χ0n) is 11.6. The summed E-state index contributed by atoms with van der Waals surface area (Å²) < 4.78 is 4.22. The van der Waals surface area contributed by atoms with Crippen molar-refractivity contribution in [2.75, 3.05) is 5.32 Å². The van der Waals surface area contributed by atoms with Gasteiger partial charge >= 0.3 is 0 Å². The molecule has 0 saturated heterocycles. The van der Waals surface area contributed by atoms with Gasteiger partial charge in [0.1, 0.15) is 4.88 Å². The number of amides is 1. The van der Waals surface area contributed by atoms with Crippen LogP contribution in [0.3, 0.4) is 0 Å². The molecule has 0 unspecified atom stereocenters. The van der Waals surface area contributed by atoms with Gasteiger partial charge in [-0.25, -0.2) is 0 Å². The van der Waals surface area contributed by atoms with Gasteiger partial charge in [-0.2, -0.15) is 4.37 Å². The lowest BCUT2D eigenvalue weighted by molar-refractivity contribution is -0.384. The summed E-state index contributed by atoms with van der Waals surface area (Å²) >= 11 is 1.11. The molecule has 0 spiro atoms. The number of aryl methyl sites for hydroxylation is 1. The summed E-state index contributed by atoms with van der Waals surface area (Å²) in [5.41, 5.74) is 1.88. The molecule has 3 rings (SSSR count). The number of carbonyl (C=O) groups is 1. The molecule has 1 heterocycles. The van der Waals surface area contributed by atoms with Crippen LogP contribution in [0.5, 0.6) is 0 Å². The molecule has 0 aliphatic carbocycles. The molecule has 1 amide bonds. The van der Waals surface area contributed by atoms with E-state index in [0.717, 1.165) is 28.0 Å². The molecule has 0 radical (unpaired) electrons. The van der Waals surface area contributed by atoms with Crippen molar-refractivity contribution in [3.8, 4) is 0 Å². The summed E-state index contributed by atoms with van der Waals surface area (Å²) in [6, 6.07) is 11.7. The number of hydrogen-bond acceptors (Lipinski definition) is 5. The molecule has 22 heavy (non-hydrogen) atoms. The molecular formula is C15H11N3O3S. The lowest BCUT2D eigenvalue weighted by Gasteiger charge is -2.07. The predicted octanol–water partition coefficient (Wildman–Crippen LogP) is 3.77.